The third-order valence-electron chi connectivity index (χ3n) is 3.91. The van der Waals surface area contributed by atoms with Crippen LogP contribution in [0.4, 0.5) is 11.6 Å². The van der Waals surface area contributed by atoms with E-state index in [0.717, 1.165) is 22.2 Å². The van der Waals surface area contributed by atoms with Crippen LogP contribution in [0, 0.1) is 13.8 Å². The zero-order valence-corrected chi connectivity index (χ0v) is 14.3. The fourth-order valence-corrected chi connectivity index (χ4v) is 2.60. The first kappa shape index (κ1) is 15.9. The maximum atomic E-state index is 12.6. The molecule has 0 aliphatic rings. The summed E-state index contributed by atoms with van der Waals surface area (Å²) in [6.45, 7) is 3.75. The van der Waals surface area contributed by atoms with Crippen LogP contribution < -0.4 is 10.2 Å². The lowest BCUT2D eigenvalue weighted by molar-refractivity contribution is 0.102. The number of fused-ring (bicyclic) bond motifs is 1. The van der Waals surface area contributed by atoms with Gasteiger partial charge in [-0.05, 0) is 36.8 Å². The lowest BCUT2D eigenvalue weighted by Crippen LogP contribution is -2.18. The molecule has 0 aliphatic carbocycles. The highest BCUT2D eigenvalue weighted by Crippen LogP contribution is 2.21. The molecule has 0 aliphatic heterocycles. The summed E-state index contributed by atoms with van der Waals surface area (Å²) in [5.74, 6) is 0.474. The van der Waals surface area contributed by atoms with Crippen LogP contribution in [0.2, 0.25) is 0 Å². The van der Waals surface area contributed by atoms with Crippen molar-refractivity contribution in [3.05, 3.63) is 59.4 Å². The molecule has 24 heavy (non-hydrogen) atoms. The smallest absolute Gasteiger partial charge is 0.255 e. The predicted octanol–water partition coefficient (Wildman–Crippen LogP) is 3.56. The van der Waals surface area contributed by atoms with Crippen molar-refractivity contribution in [2.45, 2.75) is 13.8 Å². The second-order valence-electron chi connectivity index (χ2n) is 5.98. The molecule has 0 bridgehead atoms. The second-order valence-corrected chi connectivity index (χ2v) is 5.98. The van der Waals surface area contributed by atoms with Crippen LogP contribution in [0.1, 0.15) is 21.7 Å². The minimum Gasteiger partial charge on any atom is -0.347 e. The molecule has 2 aromatic carbocycles. The number of amides is 1. The van der Waals surface area contributed by atoms with Gasteiger partial charge in [-0.2, -0.15) is 0 Å². The summed E-state index contributed by atoms with van der Waals surface area (Å²) >= 11 is 0. The number of nitrogens with one attached hydrogen (secondary N) is 1. The molecular formula is C19H20N4O. The van der Waals surface area contributed by atoms with Gasteiger partial charge in [-0.1, -0.05) is 30.3 Å². The van der Waals surface area contributed by atoms with E-state index in [1.54, 1.807) is 0 Å². The number of carbonyl (C=O) groups is 1. The van der Waals surface area contributed by atoms with Gasteiger partial charge in [0.2, 0.25) is 5.95 Å². The number of anilines is 2. The number of benzene rings is 2. The van der Waals surface area contributed by atoms with Gasteiger partial charge in [-0.25, -0.2) is 9.97 Å². The van der Waals surface area contributed by atoms with Crippen molar-refractivity contribution in [3.8, 4) is 0 Å². The largest absolute Gasteiger partial charge is 0.347 e. The van der Waals surface area contributed by atoms with Gasteiger partial charge in [0.1, 0.15) is 0 Å². The van der Waals surface area contributed by atoms with Crippen LogP contribution >= 0.6 is 0 Å². The average molecular weight is 320 g/mol. The van der Waals surface area contributed by atoms with E-state index in [0.29, 0.717) is 17.2 Å². The molecule has 5 heteroatoms. The normalized spacial score (nSPS) is 10.7. The van der Waals surface area contributed by atoms with E-state index < -0.39 is 0 Å². The highest BCUT2D eigenvalue weighted by molar-refractivity contribution is 6.06. The molecule has 0 radical (unpaired) electrons. The van der Waals surface area contributed by atoms with E-state index in [-0.39, 0.29) is 5.91 Å². The van der Waals surface area contributed by atoms with E-state index in [2.05, 4.69) is 15.3 Å². The fourth-order valence-electron chi connectivity index (χ4n) is 2.60. The molecule has 3 aromatic rings. The Hall–Kier alpha value is -2.95. The van der Waals surface area contributed by atoms with Gasteiger partial charge in [-0.15, -0.1) is 0 Å². The number of nitrogens with zero attached hydrogens (tertiary/aromatic N) is 3. The van der Waals surface area contributed by atoms with Crippen molar-refractivity contribution in [1.29, 1.82) is 0 Å². The number of hydrogen-bond acceptors (Lipinski definition) is 4. The number of aromatic nitrogens is 2. The van der Waals surface area contributed by atoms with Gasteiger partial charge in [0, 0.05) is 19.7 Å². The summed E-state index contributed by atoms with van der Waals surface area (Å²) < 4.78 is 0. The van der Waals surface area contributed by atoms with E-state index in [4.69, 9.17) is 0 Å². The Bertz CT molecular complexity index is 895. The number of aryl methyl sites for hydroxylation is 2. The molecule has 0 saturated heterocycles. The number of hydrogen-bond donors (Lipinski definition) is 1. The molecule has 3 rings (SSSR count). The third kappa shape index (κ3) is 3.06. The van der Waals surface area contributed by atoms with Crippen molar-refractivity contribution in [1.82, 2.24) is 9.97 Å². The van der Waals surface area contributed by atoms with Gasteiger partial charge >= 0.3 is 0 Å². The van der Waals surface area contributed by atoms with Crippen LogP contribution in [-0.4, -0.2) is 30.0 Å². The van der Waals surface area contributed by atoms with Crippen molar-refractivity contribution >= 4 is 28.3 Å². The fraction of sp³-hybridized carbons (Fsp3) is 0.211. The zero-order chi connectivity index (χ0) is 17.3. The summed E-state index contributed by atoms with van der Waals surface area (Å²) in [5, 5.41) is 5.09. The summed E-state index contributed by atoms with van der Waals surface area (Å²) in [6.07, 6.45) is 0. The van der Waals surface area contributed by atoms with Crippen LogP contribution in [0.3, 0.4) is 0 Å². The monoisotopic (exact) mass is 320 g/mol. The SMILES string of the molecule is Cc1nc(N(C)C)nc(C)c1NC(=O)c1ccc2ccccc2c1. The molecular weight excluding hydrogens is 300 g/mol. The maximum absolute atomic E-state index is 12.6. The van der Waals surface area contributed by atoms with Crippen molar-refractivity contribution in [2.24, 2.45) is 0 Å². The standard InChI is InChI=1S/C19H20N4O/c1-12-17(13(2)21-19(20-12)23(3)4)22-18(24)16-10-9-14-7-5-6-8-15(14)11-16/h5-11H,1-4H3,(H,22,24). The molecule has 1 amide bonds. The van der Waals surface area contributed by atoms with Crippen LogP contribution in [0.5, 0.6) is 0 Å². The Morgan fingerprint density at radius 1 is 0.958 bits per heavy atom. The molecule has 1 N–H and O–H groups in total. The molecule has 0 fully saturated rings. The lowest BCUT2D eigenvalue weighted by atomic mass is 10.1. The summed E-state index contributed by atoms with van der Waals surface area (Å²) in [6, 6.07) is 13.7. The van der Waals surface area contributed by atoms with Crippen molar-refractivity contribution in [3.63, 3.8) is 0 Å². The highest BCUT2D eigenvalue weighted by Gasteiger charge is 2.14. The molecule has 0 spiro atoms. The van der Waals surface area contributed by atoms with Gasteiger partial charge < -0.3 is 10.2 Å². The second kappa shape index (κ2) is 6.28. The molecule has 5 nitrogen and oxygen atoms in total. The van der Waals surface area contributed by atoms with E-state index >= 15 is 0 Å². The molecule has 0 unspecified atom stereocenters. The summed E-state index contributed by atoms with van der Waals surface area (Å²) in [7, 11) is 3.78. The molecule has 0 saturated carbocycles. The third-order valence-corrected chi connectivity index (χ3v) is 3.91. The maximum Gasteiger partial charge on any atom is 0.255 e. The summed E-state index contributed by atoms with van der Waals surface area (Å²) in [4.78, 5) is 23.3. The Labute approximate surface area is 141 Å². The first-order valence-corrected chi connectivity index (χ1v) is 7.78. The average Bonchev–Trinajstić information content (AvgIpc) is 2.57. The molecule has 122 valence electrons. The Kier molecular flexibility index (Phi) is 4.16. The Morgan fingerprint density at radius 2 is 1.58 bits per heavy atom. The highest BCUT2D eigenvalue weighted by atomic mass is 16.1. The topological polar surface area (TPSA) is 58.1 Å². The Balaban J connectivity index is 1.91. The van der Waals surface area contributed by atoms with E-state index in [1.807, 2.05) is 75.3 Å². The van der Waals surface area contributed by atoms with Gasteiger partial charge in [-0.3, -0.25) is 4.79 Å². The number of rotatable bonds is 3. The predicted molar refractivity (Wildman–Crippen MR) is 97.7 cm³/mol. The van der Waals surface area contributed by atoms with Crippen LogP contribution in [-0.2, 0) is 0 Å². The quantitative estimate of drug-likeness (QED) is 0.801. The Morgan fingerprint density at radius 3 is 2.21 bits per heavy atom. The first-order valence-electron chi connectivity index (χ1n) is 7.78. The minimum atomic E-state index is -0.159. The van der Waals surface area contributed by atoms with E-state index in [1.165, 1.54) is 0 Å². The van der Waals surface area contributed by atoms with Gasteiger partial charge in [0.15, 0.2) is 0 Å². The van der Waals surface area contributed by atoms with Crippen LogP contribution in [0.15, 0.2) is 42.5 Å². The minimum absolute atomic E-state index is 0.159. The number of carbonyl (C=O) groups excluding carboxylic acids is 1. The van der Waals surface area contributed by atoms with Crippen molar-refractivity contribution < 1.29 is 4.79 Å². The van der Waals surface area contributed by atoms with Crippen LogP contribution in [0.25, 0.3) is 10.8 Å². The van der Waals surface area contributed by atoms with E-state index in [9.17, 15) is 4.79 Å². The van der Waals surface area contributed by atoms with Gasteiger partial charge in [0.05, 0.1) is 17.1 Å². The lowest BCUT2D eigenvalue weighted by Gasteiger charge is -2.15. The zero-order valence-electron chi connectivity index (χ0n) is 14.3. The van der Waals surface area contributed by atoms with Crippen molar-refractivity contribution in [2.75, 3.05) is 24.3 Å². The molecule has 0 atom stereocenters. The van der Waals surface area contributed by atoms with Gasteiger partial charge in [0.25, 0.3) is 5.91 Å². The summed E-state index contributed by atoms with van der Waals surface area (Å²) in [5.41, 5.74) is 2.78. The molecule has 1 aromatic heterocycles. The first-order chi connectivity index (χ1) is 11.5. The molecule has 1 heterocycles.